The van der Waals surface area contributed by atoms with E-state index in [1.165, 1.54) is 0 Å². The lowest BCUT2D eigenvalue weighted by atomic mass is 9.76. The molecule has 2 aromatic carbocycles. The van der Waals surface area contributed by atoms with Crippen LogP contribution in [0.15, 0.2) is 48.5 Å². The second kappa shape index (κ2) is 9.12. The normalized spacial score (nSPS) is 21.8. The number of hydrogen-bond acceptors (Lipinski definition) is 4. The smallest absolute Gasteiger partial charge is 0.408 e. The van der Waals surface area contributed by atoms with E-state index in [0.29, 0.717) is 12.8 Å². The quantitative estimate of drug-likeness (QED) is 0.586. The Hall–Kier alpha value is -3.35. The highest BCUT2D eigenvalue weighted by Gasteiger charge is 2.46. The van der Waals surface area contributed by atoms with Crippen molar-refractivity contribution in [2.45, 2.75) is 63.5 Å². The van der Waals surface area contributed by atoms with Gasteiger partial charge in [0.2, 0.25) is 5.91 Å². The second-order valence-corrected chi connectivity index (χ2v) is 10.1. The van der Waals surface area contributed by atoms with Crippen molar-refractivity contribution in [3.63, 3.8) is 0 Å². The third-order valence-electron chi connectivity index (χ3n) is 7.09. The molecule has 180 valence electrons. The Kier molecular flexibility index (Phi) is 6.39. The molecule has 0 aliphatic heterocycles. The van der Waals surface area contributed by atoms with Gasteiger partial charge in [0, 0.05) is 5.92 Å². The van der Waals surface area contributed by atoms with Crippen LogP contribution < -0.4 is 10.6 Å². The Bertz CT molecular complexity index is 1070. The van der Waals surface area contributed by atoms with Gasteiger partial charge in [-0.3, -0.25) is 4.79 Å². The third kappa shape index (κ3) is 4.52. The zero-order valence-corrected chi connectivity index (χ0v) is 19.9. The predicted molar refractivity (Wildman–Crippen MR) is 128 cm³/mol. The molecule has 2 aliphatic carbocycles. The fourth-order valence-electron chi connectivity index (χ4n) is 5.23. The molecule has 0 spiro atoms. The first kappa shape index (κ1) is 23.8. The van der Waals surface area contributed by atoms with Crippen LogP contribution in [-0.2, 0) is 14.3 Å². The van der Waals surface area contributed by atoms with Gasteiger partial charge in [-0.1, -0.05) is 68.3 Å². The van der Waals surface area contributed by atoms with E-state index in [4.69, 9.17) is 4.74 Å². The summed E-state index contributed by atoms with van der Waals surface area (Å²) in [6.07, 6.45) is 1.69. The lowest BCUT2D eigenvalue weighted by Crippen LogP contribution is -2.64. The molecule has 0 heterocycles. The largest absolute Gasteiger partial charge is 0.480 e. The number of aliphatic carboxylic acids is 1. The topological polar surface area (TPSA) is 105 Å². The van der Waals surface area contributed by atoms with Crippen molar-refractivity contribution in [3.8, 4) is 11.1 Å². The Morgan fingerprint density at radius 3 is 2.21 bits per heavy atom. The molecule has 34 heavy (non-hydrogen) atoms. The molecular formula is C27H32N2O5. The predicted octanol–water partition coefficient (Wildman–Crippen LogP) is 4.45. The van der Waals surface area contributed by atoms with Crippen molar-refractivity contribution in [1.82, 2.24) is 10.6 Å². The first-order valence-corrected chi connectivity index (χ1v) is 11.8. The molecule has 2 amide bonds. The average molecular weight is 465 g/mol. The number of carboxylic acids is 1. The minimum Gasteiger partial charge on any atom is -0.480 e. The van der Waals surface area contributed by atoms with Crippen LogP contribution in [0.25, 0.3) is 11.1 Å². The van der Waals surface area contributed by atoms with E-state index in [1.54, 1.807) is 13.8 Å². The highest BCUT2D eigenvalue weighted by Crippen LogP contribution is 2.44. The molecule has 4 rings (SSSR count). The number of hydrogen-bond donors (Lipinski definition) is 3. The Morgan fingerprint density at radius 1 is 1.06 bits per heavy atom. The van der Waals surface area contributed by atoms with Crippen LogP contribution in [0.5, 0.6) is 0 Å². The van der Waals surface area contributed by atoms with Gasteiger partial charge in [-0.2, -0.15) is 0 Å². The summed E-state index contributed by atoms with van der Waals surface area (Å²) in [4.78, 5) is 37.7. The lowest BCUT2D eigenvalue weighted by molar-refractivity contribution is -0.151. The minimum atomic E-state index is -1.34. The molecule has 3 N–H and O–H groups in total. The number of carbonyl (C=O) groups is 3. The maximum Gasteiger partial charge on any atom is 0.408 e. The summed E-state index contributed by atoms with van der Waals surface area (Å²) < 4.78 is 5.56. The highest BCUT2D eigenvalue weighted by atomic mass is 16.5. The molecule has 0 saturated heterocycles. The summed E-state index contributed by atoms with van der Waals surface area (Å²) in [5.74, 6) is -1.47. The van der Waals surface area contributed by atoms with Crippen LogP contribution in [0.4, 0.5) is 4.79 Å². The summed E-state index contributed by atoms with van der Waals surface area (Å²) in [7, 11) is 0. The molecule has 7 heteroatoms. The molecule has 0 bridgehead atoms. The van der Waals surface area contributed by atoms with Crippen LogP contribution in [0.2, 0.25) is 0 Å². The number of nitrogens with one attached hydrogen (secondary N) is 2. The number of benzene rings is 2. The van der Waals surface area contributed by atoms with E-state index in [0.717, 1.165) is 35.1 Å². The number of amides is 2. The van der Waals surface area contributed by atoms with Crippen LogP contribution >= 0.6 is 0 Å². The molecular weight excluding hydrogens is 432 g/mol. The molecule has 0 radical (unpaired) electrons. The van der Waals surface area contributed by atoms with E-state index >= 15 is 0 Å². The fraction of sp³-hybridized carbons (Fsp3) is 0.444. The molecule has 2 aliphatic rings. The zero-order valence-electron chi connectivity index (χ0n) is 19.9. The fourth-order valence-corrected chi connectivity index (χ4v) is 5.23. The van der Waals surface area contributed by atoms with Crippen molar-refractivity contribution in [3.05, 3.63) is 59.7 Å². The maximum atomic E-state index is 13.0. The SMILES string of the molecule is CC1CCCC(NC(=O)C(C)(C)NC(=O)OCC2c3ccccc3-c3ccccc32)(C(=O)O)C1. The Balaban J connectivity index is 1.41. The van der Waals surface area contributed by atoms with Gasteiger partial charge in [-0.05, 0) is 54.9 Å². The van der Waals surface area contributed by atoms with Gasteiger partial charge in [-0.25, -0.2) is 9.59 Å². The molecule has 2 unspecified atom stereocenters. The van der Waals surface area contributed by atoms with Crippen molar-refractivity contribution in [2.24, 2.45) is 5.92 Å². The number of carboxylic acid groups (broad SMARTS) is 1. The summed E-state index contributed by atoms with van der Waals surface area (Å²) in [5, 5.41) is 15.2. The first-order valence-electron chi connectivity index (χ1n) is 11.8. The standard InChI is InChI=1S/C27H32N2O5/c1-17-9-8-14-27(15-17,24(31)32)28-23(30)26(2,3)29-25(33)34-16-22-20-12-6-4-10-18(20)19-11-5-7-13-21(19)22/h4-7,10-13,17,22H,8-9,14-16H2,1-3H3,(H,28,30)(H,29,33)(H,31,32). The van der Waals surface area contributed by atoms with Gasteiger partial charge in [0.15, 0.2) is 0 Å². The lowest BCUT2D eigenvalue weighted by Gasteiger charge is -2.39. The van der Waals surface area contributed by atoms with Gasteiger partial charge in [-0.15, -0.1) is 0 Å². The van der Waals surface area contributed by atoms with Gasteiger partial charge in [0.25, 0.3) is 0 Å². The highest BCUT2D eigenvalue weighted by molar-refractivity contribution is 5.93. The van der Waals surface area contributed by atoms with E-state index < -0.39 is 29.0 Å². The second-order valence-electron chi connectivity index (χ2n) is 10.1. The van der Waals surface area contributed by atoms with Crippen molar-refractivity contribution in [1.29, 1.82) is 0 Å². The third-order valence-corrected chi connectivity index (χ3v) is 7.09. The molecule has 2 aromatic rings. The van der Waals surface area contributed by atoms with Crippen LogP contribution in [0.3, 0.4) is 0 Å². The molecule has 7 nitrogen and oxygen atoms in total. The zero-order chi connectivity index (χ0) is 24.5. The summed E-state index contributed by atoms with van der Waals surface area (Å²) in [5.41, 5.74) is 1.81. The summed E-state index contributed by atoms with van der Waals surface area (Å²) in [6.45, 7) is 5.22. The number of rotatable bonds is 6. The first-order chi connectivity index (χ1) is 16.1. The van der Waals surface area contributed by atoms with Crippen LogP contribution in [-0.4, -0.2) is 40.8 Å². The van der Waals surface area contributed by atoms with Crippen molar-refractivity contribution in [2.75, 3.05) is 6.61 Å². The molecule has 1 saturated carbocycles. The molecule has 0 aromatic heterocycles. The van der Waals surface area contributed by atoms with Gasteiger partial charge in [0.05, 0.1) is 0 Å². The Morgan fingerprint density at radius 2 is 1.65 bits per heavy atom. The van der Waals surface area contributed by atoms with Crippen LogP contribution in [0, 0.1) is 5.92 Å². The van der Waals surface area contributed by atoms with Crippen molar-refractivity contribution < 1.29 is 24.2 Å². The summed E-state index contributed by atoms with van der Waals surface area (Å²) in [6, 6.07) is 16.1. The number of ether oxygens (including phenoxy) is 1. The van der Waals surface area contributed by atoms with E-state index in [2.05, 4.69) is 22.8 Å². The summed E-state index contributed by atoms with van der Waals surface area (Å²) >= 11 is 0. The van der Waals surface area contributed by atoms with Crippen molar-refractivity contribution >= 4 is 18.0 Å². The van der Waals surface area contributed by atoms with Gasteiger partial charge >= 0.3 is 12.1 Å². The number of carbonyl (C=O) groups excluding carboxylic acids is 2. The molecule has 1 fully saturated rings. The molecule has 2 atom stereocenters. The maximum absolute atomic E-state index is 13.0. The van der Waals surface area contributed by atoms with Gasteiger partial charge < -0.3 is 20.5 Å². The monoisotopic (exact) mass is 464 g/mol. The Labute approximate surface area is 199 Å². The van der Waals surface area contributed by atoms with E-state index in [9.17, 15) is 19.5 Å². The van der Waals surface area contributed by atoms with E-state index in [1.807, 2.05) is 43.3 Å². The number of alkyl carbamates (subject to hydrolysis) is 1. The minimum absolute atomic E-state index is 0.0888. The van der Waals surface area contributed by atoms with Crippen LogP contribution in [0.1, 0.15) is 63.5 Å². The van der Waals surface area contributed by atoms with Gasteiger partial charge in [0.1, 0.15) is 17.7 Å². The number of fused-ring (bicyclic) bond motifs is 3. The van der Waals surface area contributed by atoms with E-state index in [-0.39, 0.29) is 18.4 Å². The average Bonchev–Trinajstić information content (AvgIpc) is 3.11.